The van der Waals surface area contributed by atoms with E-state index >= 15 is 0 Å². The summed E-state index contributed by atoms with van der Waals surface area (Å²) in [6.07, 6.45) is 2.71. The molecule has 0 aromatic carbocycles. The van der Waals surface area contributed by atoms with Gasteiger partial charge in [-0.25, -0.2) is 0 Å². The molecular weight excluding hydrogens is 242 g/mol. The third-order valence-electron chi connectivity index (χ3n) is 3.13. The van der Waals surface area contributed by atoms with Crippen molar-refractivity contribution in [2.75, 3.05) is 13.1 Å². The number of hydrogen-bond acceptors (Lipinski definition) is 4. The number of morpholine rings is 1. The molecule has 5 heteroatoms. The van der Waals surface area contributed by atoms with Gasteiger partial charge in [-0.05, 0) is 18.9 Å². The van der Waals surface area contributed by atoms with Crippen molar-refractivity contribution in [3.63, 3.8) is 0 Å². The van der Waals surface area contributed by atoms with E-state index in [-0.39, 0.29) is 18.1 Å². The predicted octanol–water partition coefficient (Wildman–Crippen LogP) is 2.04. The summed E-state index contributed by atoms with van der Waals surface area (Å²) in [4.78, 5) is 15.7. The van der Waals surface area contributed by atoms with Crippen LogP contribution < -0.4 is 0 Å². The number of carbonyl (C=O) groups excluding carboxylic acids is 1. The lowest BCUT2D eigenvalue weighted by Crippen LogP contribution is -2.45. The molecule has 2 atom stereocenters. The summed E-state index contributed by atoms with van der Waals surface area (Å²) < 4.78 is 5.71. The van der Waals surface area contributed by atoms with Gasteiger partial charge in [-0.15, -0.1) is 24.0 Å². The number of nitrogens with zero attached hydrogens (tertiary/aromatic N) is 1. The first-order valence-corrected chi connectivity index (χ1v) is 6.77. The van der Waals surface area contributed by atoms with Crippen LogP contribution in [0.3, 0.4) is 0 Å². The topological polar surface area (TPSA) is 29.5 Å². The average molecular weight is 255 g/mol. The van der Waals surface area contributed by atoms with Crippen LogP contribution in [-0.4, -0.2) is 36.1 Å². The van der Waals surface area contributed by atoms with Crippen LogP contribution in [0, 0.1) is 0 Å². The second-order valence-electron chi connectivity index (χ2n) is 4.34. The maximum Gasteiger partial charge on any atom is 0.264 e. The minimum Gasteiger partial charge on any atom is -0.371 e. The fourth-order valence-electron chi connectivity index (χ4n) is 2.37. The highest BCUT2D eigenvalue weighted by Crippen LogP contribution is 2.28. The maximum absolute atomic E-state index is 12.2. The number of fused-ring (bicyclic) bond motifs is 2. The summed E-state index contributed by atoms with van der Waals surface area (Å²) in [5.41, 5.74) is 0. The minimum atomic E-state index is 0.130. The van der Waals surface area contributed by atoms with Crippen LogP contribution in [0.4, 0.5) is 0 Å². The molecule has 86 valence electrons. The van der Waals surface area contributed by atoms with Crippen molar-refractivity contribution in [1.29, 1.82) is 0 Å². The Balaban J connectivity index is 1.76. The van der Waals surface area contributed by atoms with Crippen LogP contribution in [0.2, 0.25) is 0 Å². The molecule has 1 aromatic heterocycles. The summed E-state index contributed by atoms with van der Waals surface area (Å²) in [6, 6.07) is 1.84. The van der Waals surface area contributed by atoms with Gasteiger partial charge in [0.2, 0.25) is 0 Å². The third kappa shape index (κ3) is 1.87. The zero-order valence-electron chi connectivity index (χ0n) is 8.76. The van der Waals surface area contributed by atoms with Crippen molar-refractivity contribution < 1.29 is 9.53 Å². The van der Waals surface area contributed by atoms with Gasteiger partial charge >= 0.3 is 0 Å². The van der Waals surface area contributed by atoms with Crippen LogP contribution in [0.15, 0.2) is 16.3 Å². The minimum absolute atomic E-state index is 0.130. The molecule has 0 saturated carbocycles. The molecule has 3 nitrogen and oxygen atoms in total. The molecule has 2 bridgehead atoms. The molecule has 0 spiro atoms. The highest BCUT2D eigenvalue weighted by molar-refractivity contribution is 7.80. The Morgan fingerprint density at radius 1 is 1.44 bits per heavy atom. The molecule has 2 unspecified atom stereocenters. The lowest BCUT2D eigenvalue weighted by molar-refractivity contribution is -0.0302. The van der Waals surface area contributed by atoms with Gasteiger partial charge in [0.05, 0.1) is 17.1 Å². The molecule has 2 saturated heterocycles. The molecule has 2 aliphatic heterocycles. The normalized spacial score (nSPS) is 28.4. The van der Waals surface area contributed by atoms with E-state index in [4.69, 9.17) is 4.74 Å². The summed E-state index contributed by atoms with van der Waals surface area (Å²) in [6.45, 7) is 1.49. The number of carbonyl (C=O) groups is 1. The van der Waals surface area contributed by atoms with Crippen molar-refractivity contribution in [1.82, 2.24) is 4.90 Å². The predicted molar refractivity (Wildman–Crippen MR) is 65.4 cm³/mol. The van der Waals surface area contributed by atoms with Crippen LogP contribution >= 0.6 is 24.0 Å². The maximum atomic E-state index is 12.2. The summed E-state index contributed by atoms with van der Waals surface area (Å²) in [5, 5.41) is 1.89. The highest BCUT2D eigenvalue weighted by Gasteiger charge is 2.36. The molecule has 3 heterocycles. The number of rotatable bonds is 1. The Morgan fingerprint density at radius 3 is 2.69 bits per heavy atom. The Bertz CT molecular complexity index is 406. The van der Waals surface area contributed by atoms with Crippen molar-refractivity contribution in [3.05, 3.63) is 16.3 Å². The first-order valence-electron chi connectivity index (χ1n) is 5.44. The van der Waals surface area contributed by atoms with Gasteiger partial charge in [0.1, 0.15) is 0 Å². The Kier molecular flexibility index (Phi) is 2.69. The second kappa shape index (κ2) is 4.05. The lowest BCUT2D eigenvalue weighted by atomic mass is 10.2. The van der Waals surface area contributed by atoms with E-state index in [0.717, 1.165) is 35.7 Å². The monoisotopic (exact) mass is 255 g/mol. The lowest BCUT2D eigenvalue weighted by Gasteiger charge is -2.31. The van der Waals surface area contributed by atoms with Gasteiger partial charge in [0.25, 0.3) is 5.91 Å². The second-order valence-corrected chi connectivity index (χ2v) is 5.76. The van der Waals surface area contributed by atoms with E-state index < -0.39 is 0 Å². The molecule has 1 aromatic rings. The first-order chi connectivity index (χ1) is 7.72. The fourth-order valence-corrected chi connectivity index (χ4v) is 3.49. The average Bonchev–Trinajstić information content (AvgIpc) is 2.84. The van der Waals surface area contributed by atoms with Gasteiger partial charge in [-0.3, -0.25) is 4.79 Å². The number of amides is 1. The zero-order chi connectivity index (χ0) is 11.1. The molecule has 0 aliphatic carbocycles. The SMILES string of the molecule is O=C(c1cc(S)cs1)N1CC2CCC(C1)O2. The van der Waals surface area contributed by atoms with E-state index in [1.165, 1.54) is 11.3 Å². The highest BCUT2D eigenvalue weighted by atomic mass is 32.1. The van der Waals surface area contributed by atoms with Gasteiger partial charge in [-0.1, -0.05) is 0 Å². The van der Waals surface area contributed by atoms with Gasteiger partial charge in [0, 0.05) is 23.4 Å². The van der Waals surface area contributed by atoms with Crippen LogP contribution in [0.25, 0.3) is 0 Å². The largest absolute Gasteiger partial charge is 0.371 e. The smallest absolute Gasteiger partial charge is 0.264 e. The first kappa shape index (κ1) is 10.6. The number of ether oxygens (including phenoxy) is 1. The molecule has 0 N–H and O–H groups in total. The van der Waals surface area contributed by atoms with E-state index in [1.54, 1.807) is 0 Å². The van der Waals surface area contributed by atoms with Gasteiger partial charge in [0.15, 0.2) is 0 Å². The van der Waals surface area contributed by atoms with Crippen molar-refractivity contribution >= 4 is 29.9 Å². The quantitative estimate of drug-likeness (QED) is 0.778. The molecule has 2 aliphatic rings. The van der Waals surface area contributed by atoms with Gasteiger partial charge in [-0.2, -0.15) is 0 Å². The summed E-state index contributed by atoms with van der Waals surface area (Å²) >= 11 is 5.69. The number of likely N-dealkylation sites (tertiary alicyclic amines) is 1. The van der Waals surface area contributed by atoms with E-state index in [2.05, 4.69) is 12.6 Å². The van der Waals surface area contributed by atoms with E-state index in [0.29, 0.717) is 0 Å². The number of thiophene rings is 1. The Labute approximate surface area is 104 Å². The van der Waals surface area contributed by atoms with E-state index in [1.807, 2.05) is 16.3 Å². The molecule has 0 radical (unpaired) electrons. The van der Waals surface area contributed by atoms with Crippen molar-refractivity contribution in [2.45, 2.75) is 29.9 Å². The Morgan fingerprint density at radius 2 is 2.12 bits per heavy atom. The van der Waals surface area contributed by atoms with Crippen LogP contribution in [-0.2, 0) is 4.74 Å². The van der Waals surface area contributed by atoms with E-state index in [9.17, 15) is 4.79 Å². The zero-order valence-corrected chi connectivity index (χ0v) is 10.5. The van der Waals surface area contributed by atoms with Crippen LogP contribution in [0.5, 0.6) is 0 Å². The molecule has 2 fully saturated rings. The van der Waals surface area contributed by atoms with Gasteiger partial charge < -0.3 is 9.64 Å². The molecule has 3 rings (SSSR count). The van der Waals surface area contributed by atoms with Crippen LogP contribution in [0.1, 0.15) is 22.5 Å². The summed E-state index contributed by atoms with van der Waals surface area (Å²) in [5.74, 6) is 0.130. The standard InChI is InChI=1S/C11H13NO2S2/c13-11(10-3-9(15)6-16-10)12-4-7-1-2-8(5-12)14-7/h3,6-8,15H,1-2,4-5H2. The summed E-state index contributed by atoms with van der Waals surface area (Å²) in [7, 11) is 0. The number of hydrogen-bond donors (Lipinski definition) is 1. The molecule has 16 heavy (non-hydrogen) atoms. The Hall–Kier alpha value is -0.520. The third-order valence-corrected chi connectivity index (χ3v) is 4.48. The van der Waals surface area contributed by atoms with Crippen molar-refractivity contribution in [2.24, 2.45) is 0 Å². The van der Waals surface area contributed by atoms with Crippen molar-refractivity contribution in [3.8, 4) is 0 Å². The number of thiol groups is 1. The molecule has 1 amide bonds. The molecular formula is C11H13NO2S2. The fraction of sp³-hybridized carbons (Fsp3) is 0.545.